The van der Waals surface area contributed by atoms with Gasteiger partial charge in [0.2, 0.25) is 0 Å². The van der Waals surface area contributed by atoms with E-state index in [0.717, 1.165) is 36.9 Å². The Hall–Kier alpha value is -1.99. The van der Waals surface area contributed by atoms with E-state index in [1.807, 2.05) is 17.6 Å². The molecule has 3 rings (SSSR count). The van der Waals surface area contributed by atoms with E-state index in [0.29, 0.717) is 11.6 Å². The van der Waals surface area contributed by atoms with Crippen molar-refractivity contribution in [1.82, 2.24) is 14.9 Å². The molecule has 0 aromatic carbocycles. The number of anilines is 1. The molecule has 0 saturated carbocycles. The molecule has 1 amide bonds. The third-order valence-corrected chi connectivity index (χ3v) is 5.02. The van der Waals surface area contributed by atoms with Crippen LogP contribution in [0.4, 0.5) is 5.69 Å². The van der Waals surface area contributed by atoms with Crippen LogP contribution in [-0.4, -0.2) is 47.0 Å². The quantitative estimate of drug-likeness (QED) is 0.925. The summed E-state index contributed by atoms with van der Waals surface area (Å²) in [5, 5.41) is 3.16. The van der Waals surface area contributed by atoms with Crippen molar-refractivity contribution in [2.24, 2.45) is 5.73 Å². The van der Waals surface area contributed by atoms with Crippen LogP contribution in [0.3, 0.4) is 0 Å². The number of carbonyl (C=O) groups is 1. The molecule has 1 aliphatic heterocycles. The van der Waals surface area contributed by atoms with Gasteiger partial charge in [-0.2, -0.15) is 0 Å². The number of hydrogen-bond acceptors (Lipinski definition) is 6. The lowest BCUT2D eigenvalue weighted by molar-refractivity contribution is 0.1000. The Morgan fingerprint density at radius 3 is 2.73 bits per heavy atom. The molecule has 0 bridgehead atoms. The number of nitrogens with two attached hydrogens (primary N) is 1. The predicted octanol–water partition coefficient (Wildman–Crippen LogP) is 1.52. The molecule has 2 aromatic rings. The summed E-state index contributed by atoms with van der Waals surface area (Å²) >= 11 is 1.69. The Labute approximate surface area is 133 Å². The number of pyridine rings is 1. The molecule has 1 fully saturated rings. The third-order valence-electron chi connectivity index (χ3n) is 4.08. The summed E-state index contributed by atoms with van der Waals surface area (Å²) in [5.74, 6) is -0.429. The number of carbonyl (C=O) groups excluding carboxylic acids is 1. The number of primary amides is 1. The minimum Gasteiger partial charge on any atom is -0.368 e. The van der Waals surface area contributed by atoms with Crippen molar-refractivity contribution >= 4 is 22.9 Å². The van der Waals surface area contributed by atoms with E-state index in [1.165, 1.54) is 0 Å². The predicted molar refractivity (Wildman–Crippen MR) is 87.1 cm³/mol. The Morgan fingerprint density at radius 1 is 1.32 bits per heavy atom. The van der Waals surface area contributed by atoms with Crippen LogP contribution in [-0.2, 0) is 0 Å². The first-order chi connectivity index (χ1) is 10.7. The molecule has 7 heteroatoms. The highest BCUT2D eigenvalue weighted by atomic mass is 32.1. The zero-order valence-electron chi connectivity index (χ0n) is 12.5. The van der Waals surface area contributed by atoms with Gasteiger partial charge >= 0.3 is 0 Å². The van der Waals surface area contributed by atoms with E-state index in [-0.39, 0.29) is 0 Å². The molecule has 0 spiro atoms. The zero-order valence-corrected chi connectivity index (χ0v) is 13.3. The van der Waals surface area contributed by atoms with Crippen molar-refractivity contribution in [3.8, 4) is 0 Å². The lowest BCUT2D eigenvalue weighted by atomic mass is 10.1. The van der Waals surface area contributed by atoms with Gasteiger partial charge in [0, 0.05) is 50.1 Å². The van der Waals surface area contributed by atoms with Crippen LogP contribution in [0.1, 0.15) is 28.3 Å². The first-order valence-electron chi connectivity index (χ1n) is 7.29. The van der Waals surface area contributed by atoms with Crippen LogP contribution >= 0.6 is 11.3 Å². The highest BCUT2D eigenvalue weighted by Gasteiger charge is 2.25. The van der Waals surface area contributed by atoms with E-state index in [1.54, 1.807) is 23.7 Å². The highest BCUT2D eigenvalue weighted by molar-refractivity contribution is 7.09. The Kier molecular flexibility index (Phi) is 4.35. The Bertz CT molecular complexity index is 637. The van der Waals surface area contributed by atoms with E-state index >= 15 is 0 Å². The lowest BCUT2D eigenvalue weighted by Crippen LogP contribution is -2.47. The number of rotatable bonds is 4. The topological polar surface area (TPSA) is 75.3 Å². The summed E-state index contributed by atoms with van der Waals surface area (Å²) in [6, 6.07) is 2.19. The summed E-state index contributed by atoms with van der Waals surface area (Å²) in [6.07, 6.45) is 5.09. The maximum Gasteiger partial charge on any atom is 0.252 e. The van der Waals surface area contributed by atoms with E-state index < -0.39 is 5.91 Å². The molecule has 1 unspecified atom stereocenters. The van der Waals surface area contributed by atoms with Gasteiger partial charge in [0.05, 0.1) is 17.3 Å². The van der Waals surface area contributed by atoms with Gasteiger partial charge < -0.3 is 10.6 Å². The van der Waals surface area contributed by atoms with Crippen molar-refractivity contribution < 1.29 is 4.79 Å². The van der Waals surface area contributed by atoms with Gasteiger partial charge in [0.1, 0.15) is 5.01 Å². The van der Waals surface area contributed by atoms with Crippen LogP contribution in [0.15, 0.2) is 30.0 Å². The number of amides is 1. The fourth-order valence-corrected chi connectivity index (χ4v) is 3.53. The molecule has 2 N–H and O–H groups in total. The number of hydrogen-bond donors (Lipinski definition) is 1. The van der Waals surface area contributed by atoms with Crippen LogP contribution in [0, 0.1) is 0 Å². The lowest BCUT2D eigenvalue weighted by Gasteiger charge is -2.38. The molecule has 1 saturated heterocycles. The van der Waals surface area contributed by atoms with Gasteiger partial charge in [-0.3, -0.25) is 14.7 Å². The van der Waals surface area contributed by atoms with E-state index in [4.69, 9.17) is 5.73 Å². The largest absolute Gasteiger partial charge is 0.368 e. The summed E-state index contributed by atoms with van der Waals surface area (Å²) < 4.78 is 0. The third kappa shape index (κ3) is 2.95. The van der Waals surface area contributed by atoms with Crippen LogP contribution in [0.2, 0.25) is 0 Å². The van der Waals surface area contributed by atoms with Gasteiger partial charge in [-0.05, 0) is 13.0 Å². The van der Waals surface area contributed by atoms with E-state index in [2.05, 4.69) is 26.7 Å². The smallest absolute Gasteiger partial charge is 0.252 e. The molecule has 116 valence electrons. The zero-order chi connectivity index (χ0) is 15.5. The average molecular weight is 317 g/mol. The molecule has 0 aliphatic carbocycles. The summed E-state index contributed by atoms with van der Waals surface area (Å²) in [6.45, 7) is 5.78. The van der Waals surface area contributed by atoms with E-state index in [9.17, 15) is 4.79 Å². The van der Waals surface area contributed by atoms with Crippen molar-refractivity contribution in [2.75, 3.05) is 31.1 Å². The minimum absolute atomic E-state index is 0.329. The molecule has 6 nitrogen and oxygen atoms in total. The van der Waals surface area contributed by atoms with Crippen molar-refractivity contribution in [2.45, 2.75) is 13.0 Å². The maximum absolute atomic E-state index is 11.5. The molecular weight excluding hydrogens is 298 g/mol. The average Bonchev–Trinajstić information content (AvgIpc) is 3.09. The second-order valence-electron chi connectivity index (χ2n) is 5.33. The monoisotopic (exact) mass is 317 g/mol. The standard InChI is InChI=1S/C15H19N5OS/c1-11(15-18-4-9-22-15)19-5-7-20(8-6-19)13-2-3-17-10-12(13)14(16)21/h2-4,9-11H,5-8H2,1H3,(H2,16,21). The van der Waals surface area contributed by atoms with Crippen LogP contribution < -0.4 is 10.6 Å². The Morgan fingerprint density at radius 2 is 2.09 bits per heavy atom. The molecule has 1 atom stereocenters. The van der Waals surface area contributed by atoms with Crippen molar-refractivity contribution in [3.63, 3.8) is 0 Å². The Balaban J connectivity index is 1.68. The summed E-state index contributed by atoms with van der Waals surface area (Å²) in [5.41, 5.74) is 6.81. The summed E-state index contributed by atoms with van der Waals surface area (Å²) in [4.78, 5) is 24.5. The molecular formula is C15H19N5OS. The van der Waals surface area contributed by atoms with Crippen molar-refractivity contribution in [1.29, 1.82) is 0 Å². The van der Waals surface area contributed by atoms with Gasteiger partial charge in [-0.15, -0.1) is 11.3 Å². The minimum atomic E-state index is -0.429. The van der Waals surface area contributed by atoms with Gasteiger partial charge in [0.15, 0.2) is 0 Å². The number of nitrogens with zero attached hydrogens (tertiary/aromatic N) is 4. The summed E-state index contributed by atoms with van der Waals surface area (Å²) in [7, 11) is 0. The number of thiazole rings is 1. The van der Waals surface area contributed by atoms with Gasteiger partial charge in [-0.1, -0.05) is 0 Å². The molecule has 2 aromatic heterocycles. The van der Waals surface area contributed by atoms with Crippen LogP contribution in [0.25, 0.3) is 0 Å². The fourth-order valence-electron chi connectivity index (χ4n) is 2.80. The van der Waals surface area contributed by atoms with Crippen molar-refractivity contribution in [3.05, 3.63) is 40.6 Å². The molecule has 22 heavy (non-hydrogen) atoms. The second kappa shape index (κ2) is 6.41. The molecule has 0 radical (unpaired) electrons. The fraction of sp³-hybridized carbons (Fsp3) is 0.400. The second-order valence-corrected chi connectivity index (χ2v) is 6.25. The number of aromatic nitrogens is 2. The highest BCUT2D eigenvalue weighted by Crippen LogP contribution is 2.26. The van der Waals surface area contributed by atoms with Gasteiger partial charge in [-0.25, -0.2) is 4.98 Å². The first-order valence-corrected chi connectivity index (χ1v) is 8.17. The first kappa shape index (κ1) is 14.9. The molecule has 1 aliphatic rings. The van der Waals surface area contributed by atoms with Gasteiger partial charge in [0.25, 0.3) is 5.91 Å². The maximum atomic E-state index is 11.5. The SMILES string of the molecule is CC(c1nccs1)N1CCN(c2ccncc2C(N)=O)CC1. The van der Waals surface area contributed by atoms with Crippen LogP contribution in [0.5, 0.6) is 0 Å². The normalized spacial score (nSPS) is 17.4. The number of piperazine rings is 1. The molecule has 3 heterocycles.